The number of hydrogen-bond acceptors (Lipinski definition) is 7. The van der Waals surface area contributed by atoms with Gasteiger partial charge in [0.05, 0.1) is 12.7 Å². The van der Waals surface area contributed by atoms with Crippen molar-refractivity contribution in [2.75, 3.05) is 64.5 Å². The van der Waals surface area contributed by atoms with Crippen molar-refractivity contribution in [3.8, 4) is 0 Å². The molecule has 9 heteroatoms. The van der Waals surface area contributed by atoms with Gasteiger partial charge in [0.2, 0.25) is 5.91 Å². The van der Waals surface area contributed by atoms with E-state index in [0.717, 1.165) is 70.7 Å². The van der Waals surface area contributed by atoms with Crippen LogP contribution in [-0.2, 0) is 19.1 Å². The minimum atomic E-state index is -0.605. The number of methoxy groups -OCH3 is 1. The van der Waals surface area contributed by atoms with Gasteiger partial charge in [-0.05, 0) is 49.4 Å². The maximum Gasteiger partial charge on any atom is 0.251 e. The van der Waals surface area contributed by atoms with Crippen molar-refractivity contribution in [2.45, 2.75) is 50.3 Å². The first-order chi connectivity index (χ1) is 17.5. The maximum absolute atomic E-state index is 13.6. The largest absolute Gasteiger partial charge is 0.383 e. The van der Waals surface area contributed by atoms with Crippen molar-refractivity contribution in [3.63, 3.8) is 0 Å². The predicted octanol–water partition coefficient (Wildman–Crippen LogP) is 1.31. The van der Waals surface area contributed by atoms with Crippen LogP contribution in [0.5, 0.6) is 0 Å². The van der Waals surface area contributed by atoms with E-state index in [1.54, 1.807) is 12.0 Å². The van der Waals surface area contributed by atoms with Crippen molar-refractivity contribution in [1.82, 2.24) is 15.1 Å². The molecule has 3 saturated heterocycles. The lowest BCUT2D eigenvalue weighted by Crippen LogP contribution is -2.54. The second kappa shape index (κ2) is 11.3. The fraction of sp³-hybridized carbons (Fsp3) is 0.667. The molecule has 2 amide bonds. The zero-order valence-corrected chi connectivity index (χ0v) is 21.2. The summed E-state index contributed by atoms with van der Waals surface area (Å²) in [4.78, 5) is 45.6. The number of fused-ring (bicyclic) bond motifs is 1. The topological polar surface area (TPSA) is 91.4 Å². The number of carbonyl (C=O) groups excluding carboxylic acids is 3. The summed E-state index contributed by atoms with van der Waals surface area (Å²) in [6.45, 7) is 6.13. The van der Waals surface area contributed by atoms with Crippen LogP contribution < -0.4 is 10.2 Å². The molecular formula is C27H38N4O5. The van der Waals surface area contributed by atoms with Gasteiger partial charge in [-0.1, -0.05) is 12.8 Å². The third-order valence-corrected chi connectivity index (χ3v) is 8.30. The van der Waals surface area contributed by atoms with E-state index in [9.17, 15) is 14.4 Å². The first-order valence-electron chi connectivity index (χ1n) is 13.4. The lowest BCUT2D eigenvalue weighted by molar-refractivity contribution is -0.139. The highest BCUT2D eigenvalue weighted by Gasteiger charge is 2.49. The number of hydrogen-bond donors (Lipinski definition) is 1. The zero-order chi connectivity index (χ0) is 25.1. The molecule has 3 heterocycles. The molecule has 1 aliphatic carbocycles. The van der Waals surface area contributed by atoms with Crippen molar-refractivity contribution in [3.05, 3.63) is 29.8 Å². The molecule has 0 spiro atoms. The fourth-order valence-corrected chi connectivity index (χ4v) is 6.19. The van der Waals surface area contributed by atoms with Crippen LogP contribution in [0.4, 0.5) is 5.69 Å². The van der Waals surface area contributed by atoms with Gasteiger partial charge in [-0.3, -0.25) is 19.3 Å². The van der Waals surface area contributed by atoms with Gasteiger partial charge in [0, 0.05) is 57.6 Å². The predicted molar refractivity (Wildman–Crippen MR) is 135 cm³/mol. The molecule has 196 valence electrons. The molecule has 9 nitrogen and oxygen atoms in total. The highest BCUT2D eigenvalue weighted by Crippen LogP contribution is 2.32. The highest BCUT2D eigenvalue weighted by molar-refractivity contribution is 5.99. The molecule has 1 N–H and O–H groups in total. The smallest absolute Gasteiger partial charge is 0.251 e. The van der Waals surface area contributed by atoms with Crippen molar-refractivity contribution in [1.29, 1.82) is 0 Å². The van der Waals surface area contributed by atoms with Crippen LogP contribution in [0.15, 0.2) is 24.3 Å². The summed E-state index contributed by atoms with van der Waals surface area (Å²) < 4.78 is 10.7. The van der Waals surface area contributed by atoms with Gasteiger partial charge in [-0.2, -0.15) is 0 Å². The Balaban J connectivity index is 1.22. The van der Waals surface area contributed by atoms with Gasteiger partial charge in [-0.15, -0.1) is 0 Å². The average molecular weight is 499 g/mol. The number of benzene rings is 1. The molecule has 0 bridgehead atoms. The Hall–Kier alpha value is -2.49. The van der Waals surface area contributed by atoms with E-state index in [0.29, 0.717) is 18.5 Å². The SMILES string of the molecule is COCCN1CCN(c2ccc(C(=O)N[C@H](C(=O)N3CC[C@H]4OCC(=O)[C@H]43)C3CCCC3)cc2)CC1. The standard InChI is InChI=1S/C27H38N4O5/c1-35-17-16-29-12-14-30(15-13-29)21-8-6-20(7-9-21)26(33)28-24(19-4-2-3-5-19)27(34)31-11-10-23-25(31)22(32)18-36-23/h6-9,19,23-25H,2-5,10-18H2,1H3,(H,28,33)/t23-,24+,25-/m1/s1. The van der Waals surface area contributed by atoms with Crippen LogP contribution in [0.25, 0.3) is 0 Å². The van der Waals surface area contributed by atoms with E-state index >= 15 is 0 Å². The van der Waals surface area contributed by atoms with Crippen LogP contribution >= 0.6 is 0 Å². The van der Waals surface area contributed by atoms with Gasteiger partial charge in [-0.25, -0.2) is 0 Å². The molecule has 0 radical (unpaired) electrons. The Morgan fingerprint density at radius 3 is 2.47 bits per heavy atom. The van der Waals surface area contributed by atoms with E-state index < -0.39 is 12.1 Å². The number of Topliss-reactive ketones (excluding diaryl/α,β-unsaturated/α-hetero) is 1. The number of amides is 2. The van der Waals surface area contributed by atoms with Crippen LogP contribution in [0, 0.1) is 5.92 Å². The van der Waals surface area contributed by atoms with Gasteiger partial charge in [0.15, 0.2) is 5.78 Å². The number of piperazine rings is 1. The van der Waals surface area contributed by atoms with Crippen LogP contribution in [0.3, 0.4) is 0 Å². The molecule has 3 aliphatic heterocycles. The second-order valence-corrected chi connectivity index (χ2v) is 10.4. The second-order valence-electron chi connectivity index (χ2n) is 10.4. The van der Waals surface area contributed by atoms with Crippen LogP contribution in [0.2, 0.25) is 0 Å². The van der Waals surface area contributed by atoms with E-state index in [2.05, 4.69) is 15.1 Å². The van der Waals surface area contributed by atoms with Crippen molar-refractivity contribution < 1.29 is 23.9 Å². The highest BCUT2D eigenvalue weighted by atomic mass is 16.5. The molecule has 5 rings (SSSR count). The van der Waals surface area contributed by atoms with E-state index in [-0.39, 0.29) is 36.2 Å². The minimum Gasteiger partial charge on any atom is -0.383 e. The molecule has 1 saturated carbocycles. The normalized spacial score (nSPS) is 25.9. The van der Waals surface area contributed by atoms with Gasteiger partial charge in [0.25, 0.3) is 5.91 Å². The van der Waals surface area contributed by atoms with Crippen molar-refractivity contribution >= 4 is 23.3 Å². The number of ether oxygens (including phenoxy) is 2. The molecule has 3 atom stereocenters. The Bertz CT molecular complexity index is 940. The van der Waals surface area contributed by atoms with E-state index in [1.807, 2.05) is 24.3 Å². The Morgan fingerprint density at radius 2 is 1.78 bits per heavy atom. The Kier molecular flexibility index (Phi) is 7.88. The average Bonchev–Trinajstić information content (AvgIpc) is 3.66. The number of likely N-dealkylation sites (tertiary alicyclic amines) is 1. The van der Waals surface area contributed by atoms with Gasteiger partial charge < -0.3 is 24.6 Å². The molecule has 1 aromatic rings. The number of nitrogens with zero attached hydrogens (tertiary/aromatic N) is 3. The summed E-state index contributed by atoms with van der Waals surface area (Å²) in [6, 6.07) is 6.58. The lowest BCUT2D eigenvalue weighted by Gasteiger charge is -2.36. The Morgan fingerprint density at radius 1 is 1.06 bits per heavy atom. The molecule has 1 aromatic carbocycles. The number of ketones is 1. The quantitative estimate of drug-likeness (QED) is 0.578. The van der Waals surface area contributed by atoms with E-state index in [1.165, 1.54) is 0 Å². The minimum absolute atomic E-state index is 0.0301. The maximum atomic E-state index is 13.6. The molecular weight excluding hydrogens is 460 g/mol. The van der Waals surface area contributed by atoms with Gasteiger partial charge in [0.1, 0.15) is 18.7 Å². The monoisotopic (exact) mass is 498 g/mol. The lowest BCUT2D eigenvalue weighted by atomic mass is 9.95. The first kappa shape index (κ1) is 25.2. The fourth-order valence-electron chi connectivity index (χ4n) is 6.19. The van der Waals surface area contributed by atoms with Crippen molar-refractivity contribution in [2.24, 2.45) is 5.92 Å². The number of anilines is 1. The summed E-state index contributed by atoms with van der Waals surface area (Å²) in [7, 11) is 1.73. The third kappa shape index (κ3) is 5.28. The van der Waals surface area contributed by atoms with Gasteiger partial charge >= 0.3 is 0 Å². The molecule has 36 heavy (non-hydrogen) atoms. The molecule has 0 unspecified atom stereocenters. The summed E-state index contributed by atoms with van der Waals surface area (Å²) in [6.07, 6.45) is 4.43. The summed E-state index contributed by atoms with van der Waals surface area (Å²) in [5, 5.41) is 3.06. The molecule has 0 aromatic heterocycles. The molecule has 4 aliphatic rings. The zero-order valence-electron chi connectivity index (χ0n) is 21.2. The van der Waals surface area contributed by atoms with Crippen LogP contribution in [0.1, 0.15) is 42.5 Å². The number of rotatable bonds is 8. The third-order valence-electron chi connectivity index (χ3n) is 8.30. The van der Waals surface area contributed by atoms with E-state index in [4.69, 9.17) is 9.47 Å². The Labute approximate surface area is 213 Å². The number of carbonyl (C=O) groups is 3. The first-order valence-corrected chi connectivity index (χ1v) is 13.4. The summed E-state index contributed by atoms with van der Waals surface area (Å²) >= 11 is 0. The summed E-state index contributed by atoms with van der Waals surface area (Å²) in [5.41, 5.74) is 1.65. The molecule has 4 fully saturated rings. The number of nitrogens with one attached hydrogen (secondary N) is 1. The van der Waals surface area contributed by atoms with Crippen LogP contribution in [-0.4, -0.2) is 105 Å². The summed E-state index contributed by atoms with van der Waals surface area (Å²) in [5.74, 6) is -0.297.